The number of aryl methyl sites for hydroxylation is 2. The van der Waals surface area contributed by atoms with Crippen LogP contribution in [0.5, 0.6) is 5.75 Å². The smallest absolute Gasteiger partial charge is 0.262 e. The van der Waals surface area contributed by atoms with Crippen LogP contribution in [0.1, 0.15) is 27.9 Å². The molecule has 0 bridgehead atoms. The highest BCUT2D eigenvalue weighted by Crippen LogP contribution is 2.19. The van der Waals surface area contributed by atoms with Crippen LogP contribution in [0.3, 0.4) is 0 Å². The summed E-state index contributed by atoms with van der Waals surface area (Å²) in [4.78, 5) is 24.6. The lowest BCUT2D eigenvalue weighted by Crippen LogP contribution is -2.27. The summed E-state index contributed by atoms with van der Waals surface area (Å²) in [6.45, 7) is 4.84. The zero-order chi connectivity index (χ0) is 19.6. The fourth-order valence-corrected chi connectivity index (χ4v) is 2.50. The highest BCUT2D eigenvalue weighted by Gasteiger charge is 2.13. The Morgan fingerprint density at radius 1 is 1.07 bits per heavy atom. The lowest BCUT2D eigenvalue weighted by Gasteiger charge is -2.13. The third kappa shape index (κ3) is 6.42. The van der Waals surface area contributed by atoms with Gasteiger partial charge in [0.1, 0.15) is 5.75 Å². The molecule has 0 radical (unpaired) electrons. The molecule has 0 atom stereocenters. The minimum atomic E-state index is -0.324. The summed E-state index contributed by atoms with van der Waals surface area (Å²) in [5, 5.41) is 5.57. The normalized spacial score (nSPS) is 10.3. The predicted octanol–water partition coefficient (Wildman–Crippen LogP) is 3.09. The Kier molecular flexibility index (Phi) is 7.82. The number of rotatable bonds is 9. The van der Waals surface area contributed by atoms with Crippen LogP contribution in [0.15, 0.2) is 42.5 Å². The Labute approximate surface area is 159 Å². The fraction of sp³-hybridized carbons (Fsp3) is 0.333. The topological polar surface area (TPSA) is 76.7 Å². The minimum absolute atomic E-state index is 0.131. The molecule has 0 saturated heterocycles. The van der Waals surface area contributed by atoms with E-state index < -0.39 is 0 Å². The van der Waals surface area contributed by atoms with Crippen LogP contribution in [-0.2, 0) is 9.53 Å². The Morgan fingerprint density at radius 3 is 2.63 bits per heavy atom. The Hall–Kier alpha value is -2.86. The molecule has 2 aromatic rings. The van der Waals surface area contributed by atoms with Gasteiger partial charge in [-0.2, -0.15) is 0 Å². The van der Waals surface area contributed by atoms with E-state index in [4.69, 9.17) is 9.47 Å². The zero-order valence-corrected chi connectivity index (χ0v) is 16.0. The lowest BCUT2D eigenvalue weighted by molar-refractivity contribution is -0.118. The molecule has 2 amide bonds. The molecular weight excluding hydrogens is 344 g/mol. The molecule has 0 saturated carbocycles. The van der Waals surface area contributed by atoms with Gasteiger partial charge in [0.15, 0.2) is 6.61 Å². The van der Waals surface area contributed by atoms with Gasteiger partial charge in [-0.15, -0.1) is 0 Å². The van der Waals surface area contributed by atoms with Crippen molar-refractivity contribution in [2.75, 3.05) is 32.2 Å². The molecule has 6 heteroatoms. The first-order chi connectivity index (χ1) is 13.0. The maximum atomic E-state index is 12.3. The summed E-state index contributed by atoms with van der Waals surface area (Å²) in [5.74, 6) is 0.113. The Balaban J connectivity index is 1.95. The fourth-order valence-electron chi connectivity index (χ4n) is 2.50. The van der Waals surface area contributed by atoms with Crippen molar-refractivity contribution in [1.82, 2.24) is 5.32 Å². The van der Waals surface area contributed by atoms with Gasteiger partial charge < -0.3 is 20.1 Å². The summed E-state index contributed by atoms with van der Waals surface area (Å²) in [6.07, 6.45) is 0.723. The van der Waals surface area contributed by atoms with E-state index in [0.29, 0.717) is 30.2 Å². The summed E-state index contributed by atoms with van der Waals surface area (Å²) in [7, 11) is 1.62. The van der Waals surface area contributed by atoms with Crippen molar-refractivity contribution in [3.8, 4) is 5.75 Å². The average molecular weight is 370 g/mol. The van der Waals surface area contributed by atoms with Crippen molar-refractivity contribution in [1.29, 1.82) is 0 Å². The Morgan fingerprint density at radius 2 is 1.85 bits per heavy atom. The van der Waals surface area contributed by atoms with E-state index >= 15 is 0 Å². The van der Waals surface area contributed by atoms with Crippen LogP contribution in [0.25, 0.3) is 0 Å². The van der Waals surface area contributed by atoms with Crippen molar-refractivity contribution in [3.05, 3.63) is 59.2 Å². The van der Waals surface area contributed by atoms with E-state index in [1.807, 2.05) is 32.0 Å². The van der Waals surface area contributed by atoms with Crippen LogP contribution in [0, 0.1) is 13.8 Å². The number of hydrogen-bond acceptors (Lipinski definition) is 4. The molecule has 2 N–H and O–H groups in total. The number of hydrogen-bond donors (Lipinski definition) is 2. The molecular formula is C21H26N2O4. The first-order valence-electron chi connectivity index (χ1n) is 8.87. The van der Waals surface area contributed by atoms with Gasteiger partial charge in [0, 0.05) is 20.3 Å². The number of amides is 2. The number of para-hydroxylation sites is 1. The molecule has 0 aliphatic carbocycles. The number of carbonyl (C=O) groups excluding carboxylic acids is 2. The standard InChI is InChI=1S/C21H26N2O4/c1-15-9-10-16(2)19(13-15)27-14-20(24)23-18-8-5-4-7-17(18)21(25)22-11-6-12-26-3/h4-5,7-10,13H,6,11-12,14H2,1-3H3,(H,22,25)(H,23,24). The molecule has 2 aromatic carbocycles. The van der Waals surface area contributed by atoms with E-state index in [1.165, 1.54) is 0 Å². The molecule has 6 nitrogen and oxygen atoms in total. The molecule has 0 aliphatic rings. The zero-order valence-electron chi connectivity index (χ0n) is 16.0. The number of benzene rings is 2. The monoisotopic (exact) mass is 370 g/mol. The maximum Gasteiger partial charge on any atom is 0.262 e. The molecule has 144 valence electrons. The maximum absolute atomic E-state index is 12.3. The van der Waals surface area contributed by atoms with Crippen LogP contribution >= 0.6 is 0 Å². The summed E-state index contributed by atoms with van der Waals surface area (Å²) in [6, 6.07) is 12.7. The highest BCUT2D eigenvalue weighted by molar-refractivity contribution is 6.04. The van der Waals surface area contributed by atoms with Gasteiger partial charge in [0.2, 0.25) is 0 Å². The van der Waals surface area contributed by atoms with Crippen molar-refractivity contribution in [2.24, 2.45) is 0 Å². The third-order valence-electron chi connectivity index (χ3n) is 3.96. The van der Waals surface area contributed by atoms with Gasteiger partial charge in [-0.25, -0.2) is 0 Å². The second-order valence-corrected chi connectivity index (χ2v) is 6.25. The SMILES string of the molecule is COCCCNC(=O)c1ccccc1NC(=O)COc1cc(C)ccc1C. The van der Waals surface area contributed by atoms with Gasteiger partial charge in [0.05, 0.1) is 11.3 Å². The minimum Gasteiger partial charge on any atom is -0.483 e. The average Bonchev–Trinajstić information content (AvgIpc) is 2.66. The summed E-state index contributed by atoms with van der Waals surface area (Å²) in [5.41, 5.74) is 2.89. The van der Waals surface area contributed by atoms with Gasteiger partial charge in [-0.05, 0) is 49.6 Å². The number of ether oxygens (including phenoxy) is 2. The van der Waals surface area contributed by atoms with Crippen molar-refractivity contribution >= 4 is 17.5 Å². The van der Waals surface area contributed by atoms with E-state index in [0.717, 1.165) is 17.5 Å². The van der Waals surface area contributed by atoms with E-state index in [9.17, 15) is 9.59 Å². The van der Waals surface area contributed by atoms with Gasteiger partial charge in [-0.1, -0.05) is 24.3 Å². The van der Waals surface area contributed by atoms with Gasteiger partial charge >= 0.3 is 0 Å². The van der Waals surface area contributed by atoms with Crippen LogP contribution in [0.4, 0.5) is 5.69 Å². The van der Waals surface area contributed by atoms with E-state index in [1.54, 1.807) is 31.4 Å². The molecule has 0 fully saturated rings. The van der Waals surface area contributed by atoms with E-state index in [-0.39, 0.29) is 18.4 Å². The highest BCUT2D eigenvalue weighted by atomic mass is 16.5. The molecule has 0 unspecified atom stereocenters. The van der Waals surface area contributed by atoms with Crippen molar-refractivity contribution in [2.45, 2.75) is 20.3 Å². The largest absolute Gasteiger partial charge is 0.483 e. The molecule has 2 rings (SSSR count). The molecule has 0 spiro atoms. The molecule has 0 aliphatic heterocycles. The van der Waals surface area contributed by atoms with Crippen molar-refractivity contribution in [3.63, 3.8) is 0 Å². The first kappa shape index (κ1) is 20.5. The van der Waals surface area contributed by atoms with E-state index in [2.05, 4.69) is 10.6 Å². The molecule has 27 heavy (non-hydrogen) atoms. The Bertz CT molecular complexity index is 790. The molecule has 0 aromatic heterocycles. The number of carbonyl (C=O) groups is 2. The van der Waals surface area contributed by atoms with Crippen LogP contribution < -0.4 is 15.4 Å². The quantitative estimate of drug-likeness (QED) is 0.665. The summed E-state index contributed by atoms with van der Waals surface area (Å²) < 4.78 is 10.6. The van der Waals surface area contributed by atoms with Gasteiger partial charge in [-0.3, -0.25) is 9.59 Å². The van der Waals surface area contributed by atoms with Crippen LogP contribution in [0.2, 0.25) is 0 Å². The summed E-state index contributed by atoms with van der Waals surface area (Å²) >= 11 is 0. The number of anilines is 1. The third-order valence-corrected chi connectivity index (χ3v) is 3.96. The number of nitrogens with one attached hydrogen (secondary N) is 2. The van der Waals surface area contributed by atoms with Crippen LogP contribution in [-0.4, -0.2) is 38.7 Å². The number of methoxy groups -OCH3 is 1. The lowest BCUT2D eigenvalue weighted by atomic mass is 10.1. The van der Waals surface area contributed by atoms with Gasteiger partial charge in [0.25, 0.3) is 11.8 Å². The molecule has 0 heterocycles. The first-order valence-corrected chi connectivity index (χ1v) is 8.87. The second kappa shape index (κ2) is 10.3. The predicted molar refractivity (Wildman–Crippen MR) is 105 cm³/mol. The second-order valence-electron chi connectivity index (χ2n) is 6.25. The van der Waals surface area contributed by atoms with Crippen molar-refractivity contribution < 1.29 is 19.1 Å².